The standard InChI is InChI=1S/C20H23F3N2OS/c1-5-25(4)13-24-18-9-15(3)19(10-14(18)2)27-17-8-6-7-16(11-17)26-12-20(21,22)23/h6-11,13H,5,12H2,1-4H3/b24-13-. The van der Waals surface area contributed by atoms with Crippen molar-refractivity contribution in [2.45, 2.75) is 36.7 Å². The van der Waals surface area contributed by atoms with Gasteiger partial charge in [-0.05, 0) is 62.2 Å². The molecule has 2 rings (SSSR count). The number of nitrogens with zero attached hydrogens (tertiary/aromatic N) is 2. The highest BCUT2D eigenvalue weighted by atomic mass is 32.2. The van der Waals surface area contributed by atoms with Crippen LogP contribution in [0.4, 0.5) is 18.9 Å². The van der Waals surface area contributed by atoms with Crippen molar-refractivity contribution < 1.29 is 17.9 Å². The van der Waals surface area contributed by atoms with Gasteiger partial charge in [0.2, 0.25) is 0 Å². The van der Waals surface area contributed by atoms with Gasteiger partial charge in [-0.25, -0.2) is 4.99 Å². The summed E-state index contributed by atoms with van der Waals surface area (Å²) < 4.78 is 41.8. The van der Waals surface area contributed by atoms with Crippen molar-refractivity contribution in [3.8, 4) is 5.75 Å². The molecule has 0 aliphatic carbocycles. The molecule has 0 heterocycles. The second-order valence-electron chi connectivity index (χ2n) is 6.20. The molecule has 2 aromatic rings. The molecule has 0 aliphatic rings. The number of aliphatic imine (C=N–C) groups is 1. The van der Waals surface area contributed by atoms with E-state index in [1.165, 1.54) is 17.8 Å². The molecule has 3 nitrogen and oxygen atoms in total. The normalized spacial score (nSPS) is 11.8. The van der Waals surface area contributed by atoms with Crippen LogP contribution >= 0.6 is 11.8 Å². The average molecular weight is 396 g/mol. The first-order valence-corrected chi connectivity index (χ1v) is 9.32. The summed E-state index contributed by atoms with van der Waals surface area (Å²) >= 11 is 1.49. The van der Waals surface area contributed by atoms with Crippen LogP contribution in [0.5, 0.6) is 5.75 Å². The number of aryl methyl sites for hydroxylation is 2. The maximum atomic E-state index is 12.3. The van der Waals surface area contributed by atoms with Gasteiger partial charge in [0, 0.05) is 23.4 Å². The lowest BCUT2D eigenvalue weighted by Gasteiger charge is -2.13. The number of halogens is 3. The zero-order valence-electron chi connectivity index (χ0n) is 15.8. The van der Waals surface area contributed by atoms with Crippen molar-refractivity contribution in [3.05, 3.63) is 47.5 Å². The second kappa shape index (κ2) is 9.17. The zero-order valence-corrected chi connectivity index (χ0v) is 16.6. The lowest BCUT2D eigenvalue weighted by atomic mass is 10.1. The lowest BCUT2D eigenvalue weighted by molar-refractivity contribution is -0.153. The van der Waals surface area contributed by atoms with Gasteiger partial charge in [0.05, 0.1) is 12.0 Å². The van der Waals surface area contributed by atoms with E-state index in [-0.39, 0.29) is 5.75 Å². The van der Waals surface area contributed by atoms with Crippen molar-refractivity contribution in [3.63, 3.8) is 0 Å². The Labute approximate surface area is 162 Å². The molecule has 0 bridgehead atoms. The molecular weight excluding hydrogens is 373 g/mol. The Morgan fingerprint density at radius 3 is 2.56 bits per heavy atom. The van der Waals surface area contributed by atoms with Gasteiger partial charge in [0.1, 0.15) is 5.75 Å². The molecule has 0 saturated carbocycles. The Kier molecular flexibility index (Phi) is 7.18. The van der Waals surface area contributed by atoms with Crippen LogP contribution in [0.2, 0.25) is 0 Å². The molecule has 0 amide bonds. The summed E-state index contributed by atoms with van der Waals surface area (Å²) in [5.74, 6) is 0.204. The van der Waals surface area contributed by atoms with Crippen LogP contribution in [-0.2, 0) is 0 Å². The van der Waals surface area contributed by atoms with Crippen LogP contribution in [0.3, 0.4) is 0 Å². The van der Waals surface area contributed by atoms with Crippen LogP contribution in [0.25, 0.3) is 0 Å². The summed E-state index contributed by atoms with van der Waals surface area (Å²) in [7, 11) is 1.96. The number of hydrogen-bond acceptors (Lipinski definition) is 3. The summed E-state index contributed by atoms with van der Waals surface area (Å²) in [5.41, 5.74) is 2.99. The van der Waals surface area contributed by atoms with E-state index in [2.05, 4.69) is 11.9 Å². The van der Waals surface area contributed by atoms with E-state index >= 15 is 0 Å². The first-order valence-electron chi connectivity index (χ1n) is 8.51. The molecule has 0 unspecified atom stereocenters. The minimum absolute atomic E-state index is 0.204. The topological polar surface area (TPSA) is 24.8 Å². The third-order valence-electron chi connectivity index (χ3n) is 3.82. The van der Waals surface area contributed by atoms with Crippen molar-refractivity contribution >= 4 is 23.8 Å². The molecule has 0 aromatic heterocycles. The Hall–Kier alpha value is -2.15. The fourth-order valence-electron chi connectivity index (χ4n) is 2.19. The van der Waals surface area contributed by atoms with Crippen molar-refractivity contribution in [1.82, 2.24) is 4.90 Å². The fraction of sp³-hybridized carbons (Fsp3) is 0.350. The van der Waals surface area contributed by atoms with E-state index in [4.69, 9.17) is 4.74 Å². The van der Waals surface area contributed by atoms with Gasteiger partial charge in [0.25, 0.3) is 0 Å². The highest BCUT2D eigenvalue weighted by molar-refractivity contribution is 7.99. The molecule has 0 spiro atoms. The van der Waals surface area contributed by atoms with E-state index in [1.54, 1.807) is 18.5 Å². The number of benzene rings is 2. The predicted octanol–water partition coefficient (Wildman–Crippen LogP) is 6.01. The smallest absolute Gasteiger partial charge is 0.422 e. The SMILES string of the molecule is CCN(C)/C=N\c1cc(C)c(Sc2cccc(OCC(F)(F)F)c2)cc1C. The minimum Gasteiger partial charge on any atom is -0.484 e. The molecule has 2 aromatic carbocycles. The summed E-state index contributed by atoms with van der Waals surface area (Å²) in [6, 6.07) is 10.7. The van der Waals surface area contributed by atoms with Crippen LogP contribution in [0.1, 0.15) is 18.1 Å². The van der Waals surface area contributed by atoms with Crippen molar-refractivity contribution in [2.75, 3.05) is 20.2 Å². The lowest BCUT2D eigenvalue weighted by Crippen LogP contribution is -2.19. The fourth-order valence-corrected chi connectivity index (χ4v) is 3.22. The molecule has 146 valence electrons. The summed E-state index contributed by atoms with van der Waals surface area (Å²) in [6.45, 7) is 5.62. The average Bonchev–Trinajstić information content (AvgIpc) is 2.61. The van der Waals surface area contributed by atoms with Crippen molar-refractivity contribution in [2.24, 2.45) is 4.99 Å². The molecule has 0 atom stereocenters. The maximum absolute atomic E-state index is 12.3. The van der Waals surface area contributed by atoms with Crippen LogP contribution in [0.15, 0.2) is 51.2 Å². The highest BCUT2D eigenvalue weighted by Gasteiger charge is 2.28. The number of ether oxygens (including phenoxy) is 1. The Bertz CT molecular complexity index is 806. The zero-order chi connectivity index (χ0) is 20.0. The summed E-state index contributed by atoms with van der Waals surface area (Å²) in [4.78, 5) is 8.35. The van der Waals surface area contributed by atoms with Crippen molar-refractivity contribution in [1.29, 1.82) is 0 Å². The highest BCUT2D eigenvalue weighted by Crippen LogP contribution is 2.35. The van der Waals surface area contributed by atoms with Gasteiger partial charge < -0.3 is 9.64 Å². The number of rotatable bonds is 7. The van der Waals surface area contributed by atoms with Crippen LogP contribution < -0.4 is 4.74 Å². The molecule has 7 heteroatoms. The first-order chi connectivity index (χ1) is 12.7. The Balaban J connectivity index is 2.15. The number of hydrogen-bond donors (Lipinski definition) is 0. The second-order valence-corrected chi connectivity index (χ2v) is 7.32. The van der Waals surface area contributed by atoms with Crippen LogP contribution in [-0.4, -0.2) is 37.6 Å². The van der Waals surface area contributed by atoms with E-state index in [1.807, 2.05) is 44.0 Å². The summed E-state index contributed by atoms with van der Waals surface area (Å²) in [6.07, 6.45) is -2.55. The molecule has 0 N–H and O–H groups in total. The maximum Gasteiger partial charge on any atom is 0.422 e. The van der Waals surface area contributed by atoms with Gasteiger partial charge >= 0.3 is 6.18 Å². The van der Waals surface area contributed by atoms with Gasteiger partial charge in [0.15, 0.2) is 6.61 Å². The third kappa shape index (κ3) is 6.82. The van der Waals surface area contributed by atoms with E-state index in [0.717, 1.165) is 33.2 Å². The van der Waals surface area contributed by atoms with E-state index < -0.39 is 12.8 Å². The molecule has 0 saturated heterocycles. The Morgan fingerprint density at radius 2 is 1.89 bits per heavy atom. The van der Waals surface area contributed by atoms with Gasteiger partial charge in [-0.15, -0.1) is 0 Å². The van der Waals surface area contributed by atoms with Crippen LogP contribution in [0, 0.1) is 13.8 Å². The summed E-state index contributed by atoms with van der Waals surface area (Å²) in [5, 5.41) is 0. The molecule has 0 radical (unpaired) electrons. The molecule has 0 aliphatic heterocycles. The Morgan fingerprint density at radius 1 is 1.15 bits per heavy atom. The quantitative estimate of drug-likeness (QED) is 0.423. The van der Waals surface area contributed by atoms with Gasteiger partial charge in [-0.3, -0.25) is 0 Å². The van der Waals surface area contributed by atoms with Gasteiger partial charge in [-0.2, -0.15) is 13.2 Å². The van der Waals surface area contributed by atoms with E-state index in [0.29, 0.717) is 0 Å². The largest absolute Gasteiger partial charge is 0.484 e. The third-order valence-corrected chi connectivity index (χ3v) is 4.97. The number of alkyl halides is 3. The molecular formula is C20H23F3N2OS. The molecule has 27 heavy (non-hydrogen) atoms. The first kappa shape index (κ1) is 21.2. The molecule has 0 fully saturated rings. The van der Waals surface area contributed by atoms with Gasteiger partial charge in [-0.1, -0.05) is 17.8 Å². The minimum atomic E-state index is -4.35. The van der Waals surface area contributed by atoms with E-state index in [9.17, 15) is 13.2 Å². The predicted molar refractivity (Wildman–Crippen MR) is 104 cm³/mol. The monoisotopic (exact) mass is 396 g/mol.